The molecule has 8 heteroatoms. The maximum Gasteiger partial charge on any atom is 0.232 e. The van der Waals surface area contributed by atoms with E-state index in [1.165, 1.54) is 0 Å². The molecule has 1 amide bonds. The summed E-state index contributed by atoms with van der Waals surface area (Å²) in [5.41, 5.74) is 11.5. The molecule has 5 rings (SSSR count). The summed E-state index contributed by atoms with van der Waals surface area (Å²) in [6.07, 6.45) is 2.47. The molecule has 200 valence electrons. The molecule has 4 N–H and O–H groups in total. The fourth-order valence-electron chi connectivity index (χ4n) is 5.81. The number of benzene rings is 2. The number of aliphatic hydroxyl groups is 1. The molecule has 2 aromatic carbocycles. The molecule has 0 aromatic heterocycles. The highest BCUT2D eigenvalue weighted by atomic mass is 16.5. The molecule has 1 unspecified atom stereocenters. The van der Waals surface area contributed by atoms with Crippen LogP contribution in [0.25, 0.3) is 5.70 Å². The van der Waals surface area contributed by atoms with Crippen molar-refractivity contribution >= 4 is 17.6 Å². The fourth-order valence-corrected chi connectivity index (χ4v) is 5.81. The Hall–Kier alpha value is -3.74. The number of hydrogen-bond acceptors (Lipinski definition) is 7. The number of rotatable bonds is 7. The summed E-state index contributed by atoms with van der Waals surface area (Å²) in [5.74, 6) is 1.70. The molecule has 0 aliphatic carbocycles. The van der Waals surface area contributed by atoms with Crippen molar-refractivity contribution in [1.82, 2.24) is 10.2 Å². The summed E-state index contributed by atoms with van der Waals surface area (Å²) in [5, 5.41) is 13.7. The maximum absolute atomic E-state index is 13.4. The average molecular weight is 517 g/mol. The molecular formula is C30H36N4O4. The van der Waals surface area contributed by atoms with E-state index in [1.807, 2.05) is 63.2 Å². The highest BCUT2D eigenvalue weighted by Gasteiger charge is 2.45. The van der Waals surface area contributed by atoms with Gasteiger partial charge in [-0.25, -0.2) is 4.99 Å². The van der Waals surface area contributed by atoms with Crippen LogP contribution in [0.1, 0.15) is 75.2 Å². The van der Waals surface area contributed by atoms with Gasteiger partial charge in [-0.1, -0.05) is 38.6 Å². The van der Waals surface area contributed by atoms with Gasteiger partial charge in [0.05, 0.1) is 43.0 Å². The predicted octanol–water partition coefficient (Wildman–Crippen LogP) is 4.22. The van der Waals surface area contributed by atoms with Gasteiger partial charge in [-0.2, -0.15) is 0 Å². The minimum absolute atomic E-state index is 0.0134. The number of amides is 1. The number of nitrogens with two attached hydrogens (primary N) is 1. The van der Waals surface area contributed by atoms with E-state index in [1.54, 1.807) is 4.90 Å². The largest absolute Gasteiger partial charge is 0.493 e. The Bertz CT molecular complexity index is 1330. The minimum atomic E-state index is -0.859. The first-order valence-electron chi connectivity index (χ1n) is 13.3. The van der Waals surface area contributed by atoms with Crippen LogP contribution in [0.2, 0.25) is 0 Å². The molecule has 0 fully saturated rings. The van der Waals surface area contributed by atoms with Crippen molar-refractivity contribution in [3.8, 4) is 11.5 Å². The number of fused-ring (bicyclic) bond motifs is 2. The molecule has 3 aliphatic heterocycles. The zero-order chi connectivity index (χ0) is 27.1. The van der Waals surface area contributed by atoms with Crippen molar-refractivity contribution < 1.29 is 19.4 Å². The highest BCUT2D eigenvalue weighted by Crippen LogP contribution is 2.45. The van der Waals surface area contributed by atoms with Gasteiger partial charge in [-0.3, -0.25) is 9.69 Å². The number of hydrogen-bond donors (Lipinski definition) is 3. The summed E-state index contributed by atoms with van der Waals surface area (Å²) in [6, 6.07) is 13.0. The first-order chi connectivity index (χ1) is 18.3. The van der Waals surface area contributed by atoms with Crippen molar-refractivity contribution in [3.63, 3.8) is 0 Å². The lowest BCUT2D eigenvalue weighted by Gasteiger charge is -2.41. The van der Waals surface area contributed by atoms with Crippen LogP contribution in [0.3, 0.4) is 0 Å². The lowest BCUT2D eigenvalue weighted by molar-refractivity contribution is -0.132. The van der Waals surface area contributed by atoms with Gasteiger partial charge in [0.2, 0.25) is 5.91 Å². The number of para-hydroxylation sites is 1. The molecule has 0 bridgehead atoms. The third-order valence-electron chi connectivity index (χ3n) is 8.24. The van der Waals surface area contributed by atoms with Gasteiger partial charge in [0.25, 0.3) is 0 Å². The fraction of sp³-hybridized carbons (Fsp3) is 0.433. The lowest BCUT2D eigenvalue weighted by Crippen LogP contribution is -2.53. The van der Waals surface area contributed by atoms with Crippen molar-refractivity contribution in [2.24, 2.45) is 10.7 Å². The molecule has 38 heavy (non-hydrogen) atoms. The summed E-state index contributed by atoms with van der Waals surface area (Å²) < 4.78 is 12.1. The van der Waals surface area contributed by atoms with Crippen molar-refractivity contribution in [2.45, 2.75) is 69.7 Å². The molecule has 0 spiro atoms. The highest BCUT2D eigenvalue weighted by molar-refractivity contribution is 5.99. The molecule has 0 saturated carbocycles. The van der Waals surface area contributed by atoms with Crippen LogP contribution in [0.15, 0.2) is 59.8 Å². The summed E-state index contributed by atoms with van der Waals surface area (Å²) in [7, 11) is 0. The Kier molecular flexibility index (Phi) is 6.72. The Morgan fingerprint density at radius 2 is 2.00 bits per heavy atom. The molecule has 0 radical (unpaired) electrons. The second-order valence-electron chi connectivity index (χ2n) is 10.5. The standard InChI is InChI=1S/C30H36N4O4/c1-5-22(32-27-20-10-8-9-11-25(20)38-29(27,4)18-35)19-12-13-24-21(16-19)23(14-15-37-24)34-26(36)17-30(6-2,7-3)33-28(34)31/h8-13,16,23,27,32,35H,1,6-7,14-15,17-18H2,2-4H3,(H2,31,33)/t23-,27?,29-/m1/s1. The number of aliphatic imine (C=N–C) groups is 1. The van der Waals surface area contributed by atoms with Crippen LogP contribution in [-0.2, 0) is 4.79 Å². The molecule has 3 heterocycles. The molecule has 2 aromatic rings. The van der Waals surface area contributed by atoms with Crippen LogP contribution in [0.4, 0.5) is 0 Å². The third-order valence-corrected chi connectivity index (χ3v) is 8.24. The monoisotopic (exact) mass is 516 g/mol. The number of aliphatic hydroxyl groups excluding tert-OH is 1. The number of carbonyl (C=O) groups excluding carboxylic acids is 1. The van der Waals surface area contributed by atoms with Crippen molar-refractivity contribution in [1.29, 1.82) is 0 Å². The quantitative estimate of drug-likeness (QED) is 0.476. The smallest absolute Gasteiger partial charge is 0.232 e. The van der Waals surface area contributed by atoms with Gasteiger partial charge in [0, 0.05) is 23.1 Å². The van der Waals surface area contributed by atoms with E-state index in [2.05, 4.69) is 17.6 Å². The van der Waals surface area contributed by atoms with E-state index in [-0.39, 0.29) is 30.6 Å². The Morgan fingerprint density at radius 1 is 1.24 bits per heavy atom. The SMILES string of the molecule is C=C=C(NC1c2ccccc2O[C@]1(C)CO)c1ccc2c(c1)[C@H](N1C(=O)CC(CC)(CC)N=C1N)CCO2. The van der Waals surface area contributed by atoms with Crippen LogP contribution in [0.5, 0.6) is 11.5 Å². The normalized spacial score (nSPS) is 25.3. The van der Waals surface area contributed by atoms with Gasteiger partial charge in [-0.05, 0) is 44.0 Å². The van der Waals surface area contributed by atoms with Crippen LogP contribution >= 0.6 is 0 Å². The Balaban J connectivity index is 1.49. The molecule has 8 nitrogen and oxygen atoms in total. The predicted molar refractivity (Wildman–Crippen MR) is 147 cm³/mol. The molecule has 3 atom stereocenters. The van der Waals surface area contributed by atoms with E-state index in [4.69, 9.17) is 20.2 Å². The van der Waals surface area contributed by atoms with Crippen LogP contribution in [-0.4, -0.2) is 46.2 Å². The molecule has 0 saturated heterocycles. The van der Waals surface area contributed by atoms with E-state index in [0.29, 0.717) is 30.9 Å². The van der Waals surface area contributed by atoms with Gasteiger partial charge >= 0.3 is 0 Å². The van der Waals surface area contributed by atoms with Crippen LogP contribution in [0, 0.1) is 0 Å². The van der Waals surface area contributed by atoms with Gasteiger partial charge in [0.15, 0.2) is 11.6 Å². The van der Waals surface area contributed by atoms with Crippen molar-refractivity contribution in [3.05, 3.63) is 71.5 Å². The molecular weight excluding hydrogens is 480 g/mol. The van der Waals surface area contributed by atoms with Gasteiger partial charge in [0.1, 0.15) is 11.5 Å². The van der Waals surface area contributed by atoms with Gasteiger partial charge < -0.3 is 25.6 Å². The summed E-state index contributed by atoms with van der Waals surface area (Å²) in [6.45, 7) is 10.2. The third kappa shape index (κ3) is 4.24. The van der Waals surface area contributed by atoms with E-state index in [9.17, 15) is 9.90 Å². The van der Waals surface area contributed by atoms with E-state index >= 15 is 0 Å². The Morgan fingerprint density at radius 3 is 2.68 bits per heavy atom. The number of ether oxygens (including phenoxy) is 2. The zero-order valence-electron chi connectivity index (χ0n) is 22.3. The average Bonchev–Trinajstić information content (AvgIpc) is 3.22. The van der Waals surface area contributed by atoms with Crippen LogP contribution < -0.4 is 20.5 Å². The summed E-state index contributed by atoms with van der Waals surface area (Å²) >= 11 is 0. The molecule has 3 aliphatic rings. The second kappa shape index (κ2) is 9.86. The first-order valence-corrected chi connectivity index (χ1v) is 13.3. The maximum atomic E-state index is 13.4. The van der Waals surface area contributed by atoms with Gasteiger partial charge in [-0.15, -0.1) is 5.73 Å². The number of nitrogens with zero attached hydrogens (tertiary/aromatic N) is 2. The lowest BCUT2D eigenvalue weighted by atomic mass is 9.86. The van der Waals surface area contributed by atoms with Crippen molar-refractivity contribution in [2.75, 3.05) is 13.2 Å². The topological polar surface area (TPSA) is 109 Å². The Labute approximate surface area is 223 Å². The summed E-state index contributed by atoms with van der Waals surface area (Å²) in [4.78, 5) is 19.9. The second-order valence-corrected chi connectivity index (χ2v) is 10.5. The number of guanidine groups is 1. The minimum Gasteiger partial charge on any atom is -0.493 e. The number of nitrogens with one attached hydrogen (secondary N) is 1. The van der Waals surface area contributed by atoms with E-state index < -0.39 is 11.1 Å². The first kappa shape index (κ1) is 25.9. The van der Waals surface area contributed by atoms with E-state index in [0.717, 1.165) is 35.3 Å². The zero-order valence-corrected chi connectivity index (χ0v) is 22.3. The number of carbonyl (C=O) groups is 1.